The normalized spacial score (nSPS) is 11.4. The monoisotopic (exact) mass is 502 g/mol. The van der Waals surface area contributed by atoms with Crippen molar-refractivity contribution in [2.24, 2.45) is 0 Å². The molecule has 1 unspecified atom stereocenters. The summed E-state index contributed by atoms with van der Waals surface area (Å²) < 4.78 is 18.5. The molecule has 0 heterocycles. The Labute approximate surface area is 204 Å². The number of aliphatic carboxylic acids is 1. The summed E-state index contributed by atoms with van der Waals surface area (Å²) in [5.41, 5.74) is 0.967. The van der Waals surface area contributed by atoms with Gasteiger partial charge in [-0.3, -0.25) is 14.9 Å². The van der Waals surface area contributed by atoms with Crippen molar-refractivity contribution in [3.8, 4) is 0 Å². The van der Waals surface area contributed by atoms with Crippen LogP contribution in [0.25, 0.3) is 0 Å². The molecule has 0 saturated carbocycles. The first kappa shape index (κ1) is 25.1. The first-order chi connectivity index (χ1) is 16.3. The van der Waals surface area contributed by atoms with E-state index in [9.17, 15) is 23.9 Å². The molecule has 0 saturated heterocycles. The zero-order valence-electron chi connectivity index (χ0n) is 17.7. The molecular formula is C24H20ClFN2O5S. The molecule has 0 spiro atoms. The highest BCUT2D eigenvalue weighted by Gasteiger charge is 2.20. The second-order valence-corrected chi connectivity index (χ2v) is 8.67. The van der Waals surface area contributed by atoms with Crippen LogP contribution in [0.2, 0.25) is 5.02 Å². The van der Waals surface area contributed by atoms with Gasteiger partial charge in [-0.05, 0) is 60.7 Å². The number of para-hydroxylation sites is 1. The molecule has 0 aromatic heterocycles. The number of rotatable bonds is 9. The summed E-state index contributed by atoms with van der Waals surface area (Å²) in [7, 11) is 0. The minimum absolute atomic E-state index is 0.0307. The van der Waals surface area contributed by atoms with Crippen LogP contribution in [0, 0.1) is 5.82 Å². The second-order valence-electron chi connectivity index (χ2n) is 6.96. The van der Waals surface area contributed by atoms with E-state index in [1.54, 1.807) is 54.6 Å². The number of thioether (sulfide) groups is 1. The van der Waals surface area contributed by atoms with Gasteiger partial charge >= 0.3 is 12.1 Å². The Morgan fingerprint density at radius 3 is 2.29 bits per heavy atom. The van der Waals surface area contributed by atoms with Crippen molar-refractivity contribution in [2.75, 3.05) is 17.2 Å². The lowest BCUT2D eigenvalue weighted by Gasteiger charge is -2.13. The molecular weight excluding hydrogens is 483 g/mol. The van der Waals surface area contributed by atoms with Crippen molar-refractivity contribution in [3.63, 3.8) is 0 Å². The van der Waals surface area contributed by atoms with Crippen LogP contribution in [0.15, 0.2) is 77.7 Å². The van der Waals surface area contributed by atoms with Crippen molar-refractivity contribution in [3.05, 3.63) is 89.2 Å². The topological polar surface area (TPSA) is 105 Å². The third kappa shape index (κ3) is 7.50. The number of ether oxygens (including phenoxy) is 1. The summed E-state index contributed by atoms with van der Waals surface area (Å²) in [5, 5.41) is 14.2. The Kier molecular flexibility index (Phi) is 8.89. The number of halogens is 2. The van der Waals surface area contributed by atoms with Gasteiger partial charge in [0.2, 0.25) is 0 Å². The summed E-state index contributed by atoms with van der Waals surface area (Å²) in [6.07, 6.45) is -0.848. The number of carboxylic acids is 1. The SMILES string of the molecule is O=C(Nc1ccccc1F)OCCC(Sc1ccc(C(=O)Nc2ccc(Cl)cc2)cc1)C(=O)O. The van der Waals surface area contributed by atoms with Gasteiger partial charge in [-0.25, -0.2) is 9.18 Å². The molecule has 0 bridgehead atoms. The van der Waals surface area contributed by atoms with E-state index in [0.717, 1.165) is 11.8 Å². The number of hydrogen-bond acceptors (Lipinski definition) is 5. The molecule has 0 aliphatic rings. The predicted octanol–water partition coefficient (Wildman–Crippen LogP) is 5.92. The standard InChI is InChI=1S/C24H20ClFN2O5S/c25-16-7-9-17(10-8-16)27-22(29)15-5-11-18(12-6-15)34-21(23(30)31)13-14-33-24(32)28-20-4-2-1-3-19(20)26/h1-12,21H,13-14H2,(H,27,29)(H,28,32)(H,30,31). The number of carbonyl (C=O) groups is 3. The second kappa shape index (κ2) is 12.1. The van der Waals surface area contributed by atoms with Gasteiger partial charge in [-0.1, -0.05) is 23.7 Å². The van der Waals surface area contributed by atoms with E-state index in [1.165, 1.54) is 18.2 Å². The lowest BCUT2D eigenvalue weighted by Crippen LogP contribution is -2.21. The lowest BCUT2D eigenvalue weighted by atomic mass is 10.2. The Bertz CT molecular complexity index is 1160. The molecule has 3 aromatic rings. The zero-order valence-corrected chi connectivity index (χ0v) is 19.2. The molecule has 0 aliphatic heterocycles. The molecule has 34 heavy (non-hydrogen) atoms. The van der Waals surface area contributed by atoms with Crippen molar-refractivity contribution in [1.82, 2.24) is 0 Å². The number of hydrogen-bond donors (Lipinski definition) is 3. The number of nitrogens with one attached hydrogen (secondary N) is 2. The molecule has 0 fully saturated rings. The molecule has 7 nitrogen and oxygen atoms in total. The van der Waals surface area contributed by atoms with Crippen LogP contribution in [-0.4, -0.2) is 34.9 Å². The van der Waals surface area contributed by atoms with Crippen molar-refractivity contribution in [2.45, 2.75) is 16.6 Å². The Hall–Kier alpha value is -3.56. The summed E-state index contributed by atoms with van der Waals surface area (Å²) in [6, 6.07) is 18.8. The summed E-state index contributed by atoms with van der Waals surface area (Å²) in [6.45, 7) is -0.175. The Morgan fingerprint density at radius 1 is 0.971 bits per heavy atom. The van der Waals surface area contributed by atoms with Crippen LogP contribution in [0.1, 0.15) is 16.8 Å². The van der Waals surface area contributed by atoms with Crippen molar-refractivity contribution < 1.29 is 28.6 Å². The van der Waals surface area contributed by atoms with Crippen LogP contribution in [-0.2, 0) is 9.53 Å². The first-order valence-electron chi connectivity index (χ1n) is 10.1. The minimum atomic E-state index is -1.08. The Balaban J connectivity index is 1.50. The van der Waals surface area contributed by atoms with Gasteiger partial charge < -0.3 is 15.2 Å². The first-order valence-corrected chi connectivity index (χ1v) is 11.3. The quantitative estimate of drug-likeness (QED) is 0.314. The summed E-state index contributed by atoms with van der Waals surface area (Å²) >= 11 is 6.90. The van der Waals surface area contributed by atoms with E-state index in [2.05, 4.69) is 10.6 Å². The summed E-state index contributed by atoms with van der Waals surface area (Å²) in [4.78, 5) is 36.4. The Morgan fingerprint density at radius 2 is 1.65 bits per heavy atom. The average Bonchev–Trinajstić information content (AvgIpc) is 2.81. The van der Waals surface area contributed by atoms with Gasteiger partial charge in [0.15, 0.2) is 0 Å². The maximum Gasteiger partial charge on any atom is 0.411 e. The lowest BCUT2D eigenvalue weighted by molar-refractivity contribution is -0.136. The molecule has 1 atom stereocenters. The van der Waals surface area contributed by atoms with Crippen LogP contribution in [0.5, 0.6) is 0 Å². The van der Waals surface area contributed by atoms with Gasteiger partial charge in [0.05, 0.1) is 12.3 Å². The van der Waals surface area contributed by atoms with Crippen LogP contribution >= 0.6 is 23.4 Å². The fourth-order valence-corrected chi connectivity index (χ4v) is 3.85. The number of anilines is 2. The van der Waals surface area contributed by atoms with Crippen LogP contribution < -0.4 is 10.6 Å². The van der Waals surface area contributed by atoms with E-state index in [0.29, 0.717) is 21.2 Å². The molecule has 3 rings (SSSR count). The zero-order chi connectivity index (χ0) is 24.5. The maximum absolute atomic E-state index is 13.6. The van der Waals surface area contributed by atoms with Gasteiger partial charge in [0.25, 0.3) is 5.91 Å². The molecule has 176 valence electrons. The third-order valence-corrected chi connectivity index (χ3v) is 6.01. The molecule has 3 aromatic carbocycles. The molecule has 2 amide bonds. The largest absolute Gasteiger partial charge is 0.480 e. The van der Waals surface area contributed by atoms with Gasteiger partial charge in [-0.2, -0.15) is 0 Å². The van der Waals surface area contributed by atoms with E-state index in [1.807, 2.05) is 0 Å². The third-order valence-electron chi connectivity index (χ3n) is 4.50. The van der Waals surface area contributed by atoms with Gasteiger partial charge in [0, 0.05) is 27.6 Å². The van der Waals surface area contributed by atoms with Crippen molar-refractivity contribution >= 4 is 52.7 Å². The predicted molar refractivity (Wildman–Crippen MR) is 129 cm³/mol. The molecule has 10 heteroatoms. The average molecular weight is 503 g/mol. The van der Waals surface area contributed by atoms with E-state index >= 15 is 0 Å². The number of amides is 2. The minimum Gasteiger partial charge on any atom is -0.480 e. The fourth-order valence-electron chi connectivity index (χ4n) is 2.79. The van der Waals surface area contributed by atoms with E-state index < -0.39 is 23.1 Å². The van der Waals surface area contributed by atoms with Crippen LogP contribution in [0.3, 0.4) is 0 Å². The van der Waals surface area contributed by atoms with Crippen LogP contribution in [0.4, 0.5) is 20.6 Å². The molecule has 3 N–H and O–H groups in total. The number of carboxylic acid groups (broad SMARTS) is 1. The molecule has 0 aliphatic carbocycles. The maximum atomic E-state index is 13.6. The fraction of sp³-hybridized carbons (Fsp3) is 0.125. The van der Waals surface area contributed by atoms with E-state index in [4.69, 9.17) is 16.3 Å². The summed E-state index contributed by atoms with van der Waals surface area (Å²) in [5.74, 6) is -2.00. The highest BCUT2D eigenvalue weighted by Crippen LogP contribution is 2.26. The van der Waals surface area contributed by atoms with E-state index in [-0.39, 0.29) is 24.6 Å². The molecule has 0 radical (unpaired) electrons. The highest BCUT2D eigenvalue weighted by molar-refractivity contribution is 8.00. The highest BCUT2D eigenvalue weighted by atomic mass is 35.5. The number of benzene rings is 3. The van der Waals surface area contributed by atoms with Gasteiger partial charge in [0.1, 0.15) is 11.1 Å². The van der Waals surface area contributed by atoms with Crippen molar-refractivity contribution in [1.29, 1.82) is 0 Å². The number of carbonyl (C=O) groups excluding carboxylic acids is 2. The smallest absolute Gasteiger partial charge is 0.411 e. The van der Waals surface area contributed by atoms with Gasteiger partial charge in [-0.15, -0.1) is 11.8 Å².